The number of fused-ring (bicyclic) bond motifs is 1. The highest BCUT2D eigenvalue weighted by Crippen LogP contribution is 2.46. The summed E-state index contributed by atoms with van der Waals surface area (Å²) in [6.07, 6.45) is 9.31. The van der Waals surface area contributed by atoms with E-state index in [1.54, 1.807) is 0 Å². The van der Waals surface area contributed by atoms with Crippen LogP contribution in [0, 0.1) is 0 Å². The first kappa shape index (κ1) is 25.2. The van der Waals surface area contributed by atoms with E-state index in [2.05, 4.69) is 74.3 Å². The molecule has 2 N–H and O–H groups in total. The Labute approximate surface area is 207 Å². The first-order valence-electron chi connectivity index (χ1n) is 13.5. The van der Waals surface area contributed by atoms with E-state index in [1.807, 2.05) is 0 Å². The van der Waals surface area contributed by atoms with Crippen LogP contribution in [0.25, 0.3) is 11.3 Å². The molecule has 1 aliphatic heterocycles. The maximum Gasteiger partial charge on any atom is 0.129 e. The lowest BCUT2D eigenvalue weighted by molar-refractivity contribution is 0.282. The van der Waals surface area contributed by atoms with E-state index in [1.165, 1.54) is 55.2 Å². The summed E-state index contributed by atoms with van der Waals surface area (Å²) in [5.41, 5.74) is 5.79. The number of pyridine rings is 1. The molecule has 1 aliphatic carbocycles. The van der Waals surface area contributed by atoms with E-state index >= 15 is 0 Å². The predicted molar refractivity (Wildman–Crippen MR) is 144 cm³/mol. The van der Waals surface area contributed by atoms with Crippen LogP contribution in [0.2, 0.25) is 0 Å². The van der Waals surface area contributed by atoms with Crippen molar-refractivity contribution in [3.05, 3.63) is 47.5 Å². The number of benzene rings is 1. The number of piperidine rings is 1. The second kappa shape index (κ2) is 10.8. The number of nitrogens with zero attached hydrogens (tertiary/aromatic N) is 2. The fourth-order valence-electron chi connectivity index (χ4n) is 5.72. The van der Waals surface area contributed by atoms with E-state index in [0.29, 0.717) is 12.6 Å². The van der Waals surface area contributed by atoms with Gasteiger partial charge in [-0.15, -0.1) is 0 Å². The summed E-state index contributed by atoms with van der Waals surface area (Å²) in [6, 6.07) is 14.2. The Hall–Kier alpha value is -1.91. The predicted octanol–water partition coefficient (Wildman–Crippen LogP) is 6.21. The average Bonchev–Trinajstić information content (AvgIpc) is 2.84. The zero-order chi connectivity index (χ0) is 24.2. The van der Waals surface area contributed by atoms with Crippen LogP contribution in [0.15, 0.2) is 36.4 Å². The van der Waals surface area contributed by atoms with Crippen LogP contribution in [0.3, 0.4) is 0 Å². The van der Waals surface area contributed by atoms with Crippen molar-refractivity contribution in [1.29, 1.82) is 0 Å². The monoisotopic (exact) mass is 463 g/mol. The van der Waals surface area contributed by atoms with Crippen molar-refractivity contribution in [2.45, 2.75) is 95.9 Å². The maximum absolute atomic E-state index is 8.89. The first-order chi connectivity index (χ1) is 16.3. The molecule has 0 unspecified atom stereocenters. The molecule has 1 fully saturated rings. The quantitative estimate of drug-likeness (QED) is 0.434. The highest BCUT2D eigenvalue weighted by molar-refractivity contribution is 5.65. The fraction of sp³-hybridized carbons (Fsp3) is 0.633. The summed E-state index contributed by atoms with van der Waals surface area (Å²) in [5, 5.41) is 12.6. The van der Waals surface area contributed by atoms with E-state index in [4.69, 9.17) is 10.1 Å². The normalized spacial score (nSPS) is 19.7. The molecule has 0 radical (unpaired) electrons. The Morgan fingerprint density at radius 2 is 1.62 bits per heavy atom. The van der Waals surface area contributed by atoms with E-state index < -0.39 is 0 Å². The van der Waals surface area contributed by atoms with E-state index in [-0.39, 0.29) is 10.8 Å². The van der Waals surface area contributed by atoms with Crippen LogP contribution in [0.5, 0.6) is 0 Å². The lowest BCUT2D eigenvalue weighted by Crippen LogP contribution is -2.43. The van der Waals surface area contributed by atoms with Crippen molar-refractivity contribution >= 4 is 5.82 Å². The van der Waals surface area contributed by atoms with Crippen molar-refractivity contribution in [2.75, 3.05) is 31.1 Å². The number of unbranched alkanes of at least 4 members (excludes halogenated alkanes) is 3. The lowest BCUT2D eigenvalue weighted by Gasteiger charge is -2.42. The molecule has 4 nitrogen and oxygen atoms in total. The standard InChI is InChI=1S/C30H45N3O/c1-29(2)16-17-30(3,4)26-22-23(12-13-25(26)29)27-10-9-11-28(32-27)33-19-14-24(15-20-33)31-18-7-5-6-8-21-34/h9-13,22,24,31,34H,5-8,14-21H2,1-4H3. The molecule has 4 rings (SSSR count). The second-order valence-corrected chi connectivity index (χ2v) is 11.8. The molecule has 34 heavy (non-hydrogen) atoms. The third-order valence-electron chi connectivity index (χ3n) is 8.22. The maximum atomic E-state index is 8.89. The molecular weight excluding hydrogens is 418 g/mol. The molecule has 2 heterocycles. The smallest absolute Gasteiger partial charge is 0.129 e. The Morgan fingerprint density at radius 3 is 2.35 bits per heavy atom. The first-order valence-corrected chi connectivity index (χ1v) is 13.5. The Morgan fingerprint density at radius 1 is 0.912 bits per heavy atom. The number of aliphatic hydroxyl groups is 1. The molecule has 2 aromatic rings. The Balaban J connectivity index is 1.39. The van der Waals surface area contributed by atoms with Crippen LogP contribution in [-0.2, 0) is 10.8 Å². The molecule has 0 bridgehead atoms. The van der Waals surface area contributed by atoms with Crippen molar-refractivity contribution in [2.24, 2.45) is 0 Å². The van der Waals surface area contributed by atoms with Crippen LogP contribution in [0.4, 0.5) is 5.82 Å². The SMILES string of the molecule is CC1(C)CCC(C)(C)c2cc(-c3cccc(N4CCC(NCCCCCCO)CC4)n3)ccc21. The highest BCUT2D eigenvalue weighted by atomic mass is 16.2. The molecular formula is C30H45N3O. The minimum atomic E-state index is 0.214. The molecule has 0 spiro atoms. The minimum absolute atomic E-state index is 0.214. The number of nitrogens with one attached hydrogen (secondary N) is 1. The van der Waals surface area contributed by atoms with Crippen molar-refractivity contribution in [3.63, 3.8) is 0 Å². The van der Waals surface area contributed by atoms with Crippen LogP contribution < -0.4 is 10.2 Å². The van der Waals surface area contributed by atoms with E-state index in [9.17, 15) is 0 Å². The molecule has 0 saturated carbocycles. The zero-order valence-corrected chi connectivity index (χ0v) is 21.9. The second-order valence-electron chi connectivity index (χ2n) is 11.8. The van der Waals surface area contributed by atoms with Gasteiger partial charge in [0.2, 0.25) is 0 Å². The number of rotatable bonds is 9. The fourth-order valence-corrected chi connectivity index (χ4v) is 5.72. The molecule has 186 valence electrons. The van der Waals surface area contributed by atoms with Gasteiger partial charge in [-0.05, 0) is 85.2 Å². The molecule has 2 aliphatic rings. The van der Waals surface area contributed by atoms with Crippen molar-refractivity contribution < 1.29 is 5.11 Å². The summed E-state index contributed by atoms with van der Waals surface area (Å²) in [5.74, 6) is 1.11. The summed E-state index contributed by atoms with van der Waals surface area (Å²) in [6.45, 7) is 13.1. The third kappa shape index (κ3) is 5.83. The van der Waals surface area contributed by atoms with Gasteiger partial charge >= 0.3 is 0 Å². The van der Waals surface area contributed by atoms with E-state index in [0.717, 1.165) is 44.0 Å². The van der Waals surface area contributed by atoms with Crippen LogP contribution >= 0.6 is 0 Å². The van der Waals surface area contributed by atoms with Gasteiger partial charge in [-0.2, -0.15) is 0 Å². The number of aliphatic hydroxyl groups excluding tert-OH is 1. The van der Waals surface area contributed by atoms with Gasteiger partial charge in [0.1, 0.15) is 5.82 Å². The van der Waals surface area contributed by atoms with Crippen LogP contribution in [-0.4, -0.2) is 42.4 Å². The summed E-state index contributed by atoms with van der Waals surface area (Å²) < 4.78 is 0. The van der Waals surface area contributed by atoms with Gasteiger partial charge in [0.15, 0.2) is 0 Å². The number of anilines is 1. The molecule has 1 aromatic carbocycles. The van der Waals surface area contributed by atoms with Gasteiger partial charge in [0.05, 0.1) is 5.69 Å². The van der Waals surface area contributed by atoms with Gasteiger partial charge < -0.3 is 15.3 Å². The average molecular weight is 464 g/mol. The molecule has 4 heteroatoms. The zero-order valence-electron chi connectivity index (χ0n) is 21.9. The van der Waals surface area contributed by atoms with Crippen molar-refractivity contribution in [3.8, 4) is 11.3 Å². The van der Waals surface area contributed by atoms with Crippen LogP contribution in [0.1, 0.15) is 90.2 Å². The minimum Gasteiger partial charge on any atom is -0.396 e. The molecule has 0 atom stereocenters. The van der Waals surface area contributed by atoms with Gasteiger partial charge in [0, 0.05) is 31.3 Å². The summed E-state index contributed by atoms with van der Waals surface area (Å²) in [7, 11) is 0. The van der Waals surface area contributed by atoms with Gasteiger partial charge in [-0.3, -0.25) is 0 Å². The largest absolute Gasteiger partial charge is 0.396 e. The molecule has 1 aromatic heterocycles. The molecule has 0 amide bonds. The van der Waals surface area contributed by atoms with Gasteiger partial charge in [0.25, 0.3) is 0 Å². The Bertz CT molecular complexity index is 944. The number of hydrogen-bond acceptors (Lipinski definition) is 4. The van der Waals surface area contributed by atoms with Crippen molar-refractivity contribution in [1.82, 2.24) is 10.3 Å². The summed E-state index contributed by atoms with van der Waals surface area (Å²) in [4.78, 5) is 7.57. The highest BCUT2D eigenvalue weighted by Gasteiger charge is 2.37. The van der Waals surface area contributed by atoms with Gasteiger partial charge in [-0.1, -0.05) is 58.7 Å². The Kier molecular flexibility index (Phi) is 7.99. The number of hydrogen-bond donors (Lipinski definition) is 2. The third-order valence-corrected chi connectivity index (χ3v) is 8.22. The summed E-state index contributed by atoms with van der Waals surface area (Å²) >= 11 is 0. The lowest BCUT2D eigenvalue weighted by atomic mass is 9.63. The topological polar surface area (TPSA) is 48.4 Å². The van der Waals surface area contributed by atoms with Gasteiger partial charge in [-0.25, -0.2) is 4.98 Å². The molecule has 1 saturated heterocycles. The number of aromatic nitrogens is 1.